The van der Waals surface area contributed by atoms with E-state index in [4.69, 9.17) is 21.1 Å². The van der Waals surface area contributed by atoms with Gasteiger partial charge in [-0.2, -0.15) is 0 Å². The molecule has 2 saturated heterocycles. The van der Waals surface area contributed by atoms with Crippen molar-refractivity contribution in [3.05, 3.63) is 28.8 Å². The van der Waals surface area contributed by atoms with Crippen LogP contribution in [0, 0.1) is 11.3 Å². The third-order valence-electron chi connectivity index (χ3n) is 5.67. The second-order valence-corrected chi connectivity index (χ2v) is 8.38. The minimum absolute atomic E-state index is 0.265. The Kier molecular flexibility index (Phi) is 3.59. The lowest BCUT2D eigenvalue weighted by Crippen LogP contribution is -2.67. The van der Waals surface area contributed by atoms with Crippen molar-refractivity contribution in [1.29, 1.82) is 0 Å². The molecule has 4 rings (SSSR count). The van der Waals surface area contributed by atoms with Crippen molar-refractivity contribution in [2.45, 2.75) is 51.9 Å². The fraction of sp³-hybridized carbons (Fsp3) is 0.579. The second-order valence-electron chi connectivity index (χ2n) is 7.94. The number of benzene rings is 1. The van der Waals surface area contributed by atoms with Crippen LogP contribution in [0.4, 0.5) is 5.69 Å². The molecule has 0 N–H and O–H groups in total. The van der Waals surface area contributed by atoms with E-state index in [1.54, 1.807) is 19.9 Å². The van der Waals surface area contributed by atoms with Gasteiger partial charge in [-0.1, -0.05) is 24.6 Å². The summed E-state index contributed by atoms with van der Waals surface area (Å²) < 4.78 is 11.1. The van der Waals surface area contributed by atoms with E-state index in [9.17, 15) is 9.59 Å². The Morgan fingerprint density at radius 2 is 1.88 bits per heavy atom. The molecule has 0 unspecified atom stereocenters. The van der Waals surface area contributed by atoms with E-state index in [0.29, 0.717) is 17.4 Å². The molecule has 2 fully saturated rings. The Labute approximate surface area is 152 Å². The van der Waals surface area contributed by atoms with Gasteiger partial charge < -0.3 is 14.4 Å². The van der Waals surface area contributed by atoms with Crippen LogP contribution in [-0.2, 0) is 25.5 Å². The second kappa shape index (κ2) is 5.37. The number of esters is 2. The van der Waals surface area contributed by atoms with E-state index in [1.165, 1.54) is 0 Å². The predicted molar refractivity (Wildman–Crippen MR) is 93.4 cm³/mol. The van der Waals surface area contributed by atoms with Gasteiger partial charge in [0.1, 0.15) is 0 Å². The van der Waals surface area contributed by atoms with Crippen molar-refractivity contribution in [2.24, 2.45) is 11.3 Å². The van der Waals surface area contributed by atoms with Crippen LogP contribution in [0.2, 0.25) is 5.02 Å². The molecule has 0 radical (unpaired) electrons. The van der Waals surface area contributed by atoms with Crippen LogP contribution in [0.3, 0.4) is 0 Å². The molecule has 25 heavy (non-hydrogen) atoms. The Morgan fingerprint density at radius 3 is 2.56 bits per heavy atom. The molecule has 0 saturated carbocycles. The summed E-state index contributed by atoms with van der Waals surface area (Å²) in [6.45, 7) is 6.12. The molecule has 0 aliphatic carbocycles. The molecule has 1 aromatic rings. The van der Waals surface area contributed by atoms with Crippen LogP contribution in [0.15, 0.2) is 18.2 Å². The zero-order valence-corrected chi connectivity index (χ0v) is 15.4. The fourth-order valence-corrected chi connectivity index (χ4v) is 4.58. The van der Waals surface area contributed by atoms with Crippen LogP contribution < -0.4 is 4.90 Å². The van der Waals surface area contributed by atoms with Gasteiger partial charge in [0, 0.05) is 37.5 Å². The third-order valence-corrected chi connectivity index (χ3v) is 5.90. The molecule has 134 valence electrons. The van der Waals surface area contributed by atoms with E-state index >= 15 is 0 Å². The molecule has 5 nitrogen and oxygen atoms in total. The molecule has 0 bridgehead atoms. The first kappa shape index (κ1) is 16.7. The highest BCUT2D eigenvalue weighted by Crippen LogP contribution is 2.50. The van der Waals surface area contributed by atoms with Gasteiger partial charge in [0.15, 0.2) is 5.41 Å². The summed E-state index contributed by atoms with van der Waals surface area (Å²) in [4.78, 5) is 28.3. The summed E-state index contributed by atoms with van der Waals surface area (Å²) in [5.74, 6) is -1.74. The summed E-state index contributed by atoms with van der Waals surface area (Å²) in [7, 11) is 0. The molecule has 0 amide bonds. The normalized spacial score (nSPS) is 29.5. The molecule has 2 atom stereocenters. The summed E-state index contributed by atoms with van der Waals surface area (Å²) in [6, 6.07) is 5.35. The summed E-state index contributed by atoms with van der Waals surface area (Å²) in [5.41, 5.74) is 0.648. The van der Waals surface area contributed by atoms with Gasteiger partial charge in [-0.25, -0.2) is 0 Å². The van der Waals surface area contributed by atoms with Crippen molar-refractivity contribution in [1.82, 2.24) is 0 Å². The minimum atomic E-state index is -1.30. The molecular weight excluding hydrogens is 342 g/mol. The first-order valence-corrected chi connectivity index (χ1v) is 9.13. The van der Waals surface area contributed by atoms with E-state index in [1.807, 2.05) is 12.1 Å². The molecule has 1 aromatic carbocycles. The van der Waals surface area contributed by atoms with Crippen molar-refractivity contribution in [3.8, 4) is 0 Å². The SMILES string of the molecule is C[C@H]1CCN2c3cc(Cl)ccc3CC3(C(=O)OC(C)(C)OC3=O)[C@H]2C1. The standard InChI is InChI=1S/C19H22ClNO4/c1-11-6-7-21-14-9-13(20)5-4-12(14)10-19(15(21)8-11)16(22)24-18(2,3)25-17(19)23/h4-5,9,11,15H,6-8,10H2,1-3H3/t11-,15+/m0/s1. The van der Waals surface area contributed by atoms with Crippen molar-refractivity contribution in [3.63, 3.8) is 0 Å². The topological polar surface area (TPSA) is 55.8 Å². The number of carbonyl (C=O) groups is 2. The highest BCUT2D eigenvalue weighted by atomic mass is 35.5. The summed E-state index contributed by atoms with van der Waals surface area (Å²) in [5, 5.41) is 0.655. The Hall–Kier alpha value is -1.75. The number of piperidine rings is 1. The quantitative estimate of drug-likeness (QED) is 0.522. The van der Waals surface area contributed by atoms with Gasteiger partial charge >= 0.3 is 11.9 Å². The number of rotatable bonds is 0. The zero-order chi connectivity index (χ0) is 18.0. The van der Waals surface area contributed by atoms with Crippen molar-refractivity contribution >= 4 is 29.2 Å². The molecule has 6 heteroatoms. The first-order valence-electron chi connectivity index (χ1n) is 8.75. The number of carbonyl (C=O) groups excluding carboxylic acids is 2. The number of ether oxygens (including phenoxy) is 2. The smallest absolute Gasteiger partial charge is 0.329 e. The summed E-state index contributed by atoms with van der Waals surface area (Å²) >= 11 is 6.20. The van der Waals surface area contributed by atoms with E-state index in [2.05, 4.69) is 11.8 Å². The average Bonchev–Trinajstić information content (AvgIpc) is 2.51. The zero-order valence-electron chi connectivity index (χ0n) is 14.7. The average molecular weight is 364 g/mol. The van der Waals surface area contributed by atoms with E-state index in [-0.39, 0.29) is 6.04 Å². The maximum absolute atomic E-state index is 13.1. The van der Waals surface area contributed by atoms with Gasteiger partial charge in [0.2, 0.25) is 0 Å². The largest absolute Gasteiger partial charge is 0.422 e. The highest BCUT2D eigenvalue weighted by Gasteiger charge is 2.64. The molecule has 3 heterocycles. The highest BCUT2D eigenvalue weighted by molar-refractivity contribution is 6.30. The first-order chi connectivity index (χ1) is 11.7. The number of cyclic esters (lactones) is 2. The Balaban J connectivity index is 1.86. The third kappa shape index (κ3) is 2.43. The lowest BCUT2D eigenvalue weighted by atomic mass is 9.66. The molecule has 3 aliphatic heterocycles. The van der Waals surface area contributed by atoms with Crippen LogP contribution in [-0.4, -0.2) is 30.3 Å². The van der Waals surface area contributed by atoms with Crippen molar-refractivity contribution in [2.75, 3.05) is 11.4 Å². The lowest BCUT2D eigenvalue weighted by molar-refractivity contribution is -0.253. The number of fused-ring (bicyclic) bond motifs is 4. The molecule has 1 spiro atoms. The fourth-order valence-electron chi connectivity index (χ4n) is 4.42. The number of hydrogen-bond donors (Lipinski definition) is 0. The maximum atomic E-state index is 13.1. The predicted octanol–water partition coefficient (Wildman–Crippen LogP) is 3.32. The van der Waals surface area contributed by atoms with E-state index < -0.39 is 23.1 Å². The van der Waals surface area contributed by atoms with Gasteiger partial charge in [-0.05, 0) is 36.5 Å². The molecule has 0 aromatic heterocycles. The van der Waals surface area contributed by atoms with Crippen LogP contribution in [0.1, 0.15) is 39.2 Å². The number of anilines is 1. The number of hydrogen-bond acceptors (Lipinski definition) is 5. The summed E-state index contributed by atoms with van der Waals surface area (Å²) in [6.07, 6.45) is 2.05. The number of nitrogens with zero attached hydrogens (tertiary/aromatic N) is 1. The monoisotopic (exact) mass is 363 g/mol. The minimum Gasteiger partial charge on any atom is -0.422 e. The van der Waals surface area contributed by atoms with Crippen LogP contribution in [0.5, 0.6) is 0 Å². The van der Waals surface area contributed by atoms with Gasteiger partial charge in [-0.15, -0.1) is 0 Å². The molecular formula is C19H22ClNO4. The van der Waals surface area contributed by atoms with Crippen molar-refractivity contribution < 1.29 is 19.1 Å². The Bertz CT molecular complexity index is 740. The van der Waals surface area contributed by atoms with Crippen LogP contribution in [0.25, 0.3) is 0 Å². The van der Waals surface area contributed by atoms with Crippen LogP contribution >= 0.6 is 11.6 Å². The van der Waals surface area contributed by atoms with Gasteiger partial charge in [0.25, 0.3) is 5.79 Å². The lowest BCUT2D eigenvalue weighted by Gasteiger charge is -2.54. The maximum Gasteiger partial charge on any atom is 0.329 e. The Morgan fingerprint density at radius 1 is 1.20 bits per heavy atom. The van der Waals surface area contributed by atoms with Gasteiger partial charge in [0.05, 0.1) is 6.04 Å². The van der Waals surface area contributed by atoms with E-state index in [0.717, 1.165) is 30.6 Å². The molecule has 3 aliphatic rings. The number of halogens is 1. The van der Waals surface area contributed by atoms with Gasteiger partial charge in [-0.3, -0.25) is 9.59 Å².